The van der Waals surface area contributed by atoms with Crippen LogP contribution in [-0.2, 0) is 14.2 Å². The van der Waals surface area contributed by atoms with Gasteiger partial charge in [-0.05, 0) is 56.3 Å². The Morgan fingerprint density at radius 2 is 2.06 bits per heavy atom. The van der Waals surface area contributed by atoms with Crippen LogP contribution >= 0.6 is 0 Å². The van der Waals surface area contributed by atoms with Crippen LogP contribution < -0.4 is 0 Å². The summed E-state index contributed by atoms with van der Waals surface area (Å²) in [4.78, 5) is 0. The second-order valence-corrected chi connectivity index (χ2v) is 6.39. The van der Waals surface area contributed by atoms with Crippen molar-refractivity contribution >= 4 is 0 Å². The summed E-state index contributed by atoms with van der Waals surface area (Å²) in [6.45, 7) is 3.82. The highest BCUT2D eigenvalue weighted by Crippen LogP contribution is 2.54. The van der Waals surface area contributed by atoms with Crippen LogP contribution in [0.3, 0.4) is 0 Å². The molecule has 17 heavy (non-hydrogen) atoms. The predicted octanol–water partition coefficient (Wildman–Crippen LogP) is 2.59. The molecule has 4 bridgehead atoms. The first-order valence-electron chi connectivity index (χ1n) is 6.95. The van der Waals surface area contributed by atoms with Crippen molar-refractivity contribution in [3.63, 3.8) is 0 Å². The summed E-state index contributed by atoms with van der Waals surface area (Å²) in [5, 5.41) is 0. The first-order valence-corrected chi connectivity index (χ1v) is 6.95. The van der Waals surface area contributed by atoms with Crippen LogP contribution in [0, 0.1) is 17.3 Å². The standard InChI is InChI=1S/C14H24O3/c1-10(15-2)17-9-14-5-11-3-12(6-14)8-16-13(4-11)7-14/h10-13H,3-9H2,1-2H3. The molecular formula is C14H24O3. The number of methoxy groups -OCH3 is 1. The summed E-state index contributed by atoms with van der Waals surface area (Å²) < 4.78 is 17.0. The molecule has 2 aliphatic heterocycles. The zero-order valence-electron chi connectivity index (χ0n) is 11.0. The smallest absolute Gasteiger partial charge is 0.154 e. The fourth-order valence-corrected chi connectivity index (χ4v) is 4.30. The van der Waals surface area contributed by atoms with Gasteiger partial charge in [0.05, 0.1) is 12.7 Å². The largest absolute Gasteiger partial charge is 0.378 e. The summed E-state index contributed by atoms with van der Waals surface area (Å²) >= 11 is 0. The maximum atomic E-state index is 6.00. The van der Waals surface area contributed by atoms with Crippen molar-refractivity contribution in [1.82, 2.24) is 0 Å². The van der Waals surface area contributed by atoms with Gasteiger partial charge in [-0.15, -0.1) is 0 Å². The van der Waals surface area contributed by atoms with E-state index in [9.17, 15) is 0 Å². The molecule has 98 valence electrons. The summed E-state index contributed by atoms with van der Waals surface area (Å²) in [5.74, 6) is 1.67. The van der Waals surface area contributed by atoms with E-state index in [0.29, 0.717) is 11.5 Å². The third kappa shape index (κ3) is 2.38. The molecule has 3 heteroatoms. The lowest BCUT2D eigenvalue weighted by Gasteiger charge is -2.47. The van der Waals surface area contributed by atoms with E-state index in [4.69, 9.17) is 14.2 Å². The van der Waals surface area contributed by atoms with Gasteiger partial charge in [0.25, 0.3) is 0 Å². The predicted molar refractivity (Wildman–Crippen MR) is 64.7 cm³/mol. The first-order chi connectivity index (χ1) is 8.19. The van der Waals surface area contributed by atoms with E-state index >= 15 is 0 Å². The van der Waals surface area contributed by atoms with Gasteiger partial charge in [-0.1, -0.05) is 0 Å². The molecule has 0 radical (unpaired) electrons. The van der Waals surface area contributed by atoms with Crippen molar-refractivity contribution in [3.8, 4) is 0 Å². The topological polar surface area (TPSA) is 27.7 Å². The van der Waals surface area contributed by atoms with E-state index in [0.717, 1.165) is 25.0 Å². The number of hydrogen-bond acceptors (Lipinski definition) is 3. The molecule has 2 saturated carbocycles. The zero-order valence-corrected chi connectivity index (χ0v) is 11.0. The third-order valence-corrected chi connectivity index (χ3v) is 4.89. The lowest BCUT2D eigenvalue weighted by Crippen LogP contribution is -2.43. The van der Waals surface area contributed by atoms with E-state index in [-0.39, 0.29) is 6.29 Å². The van der Waals surface area contributed by atoms with Gasteiger partial charge in [0.2, 0.25) is 0 Å². The van der Waals surface area contributed by atoms with Crippen LogP contribution in [0.5, 0.6) is 0 Å². The van der Waals surface area contributed by atoms with Crippen LogP contribution in [0.25, 0.3) is 0 Å². The molecule has 0 amide bonds. The van der Waals surface area contributed by atoms with Gasteiger partial charge in [0, 0.05) is 13.7 Å². The SMILES string of the molecule is COC(C)OCC12CC3COC(CC(C3)C1)C2. The Kier molecular flexibility index (Phi) is 3.18. The van der Waals surface area contributed by atoms with Crippen molar-refractivity contribution in [2.45, 2.75) is 51.4 Å². The van der Waals surface area contributed by atoms with Crippen molar-refractivity contribution in [2.24, 2.45) is 17.3 Å². The molecule has 4 fully saturated rings. The van der Waals surface area contributed by atoms with Crippen LogP contribution in [0.4, 0.5) is 0 Å². The summed E-state index contributed by atoms with van der Waals surface area (Å²) in [7, 11) is 1.71. The molecule has 4 aliphatic rings. The molecule has 2 aliphatic carbocycles. The maximum absolute atomic E-state index is 6.00. The minimum atomic E-state index is -0.0785. The molecule has 5 atom stereocenters. The van der Waals surface area contributed by atoms with Gasteiger partial charge in [0.1, 0.15) is 0 Å². The Labute approximate surface area is 104 Å². The quantitative estimate of drug-likeness (QED) is 0.707. The first kappa shape index (κ1) is 11.9. The molecule has 5 unspecified atom stereocenters. The van der Waals surface area contributed by atoms with Gasteiger partial charge in [-0.25, -0.2) is 0 Å². The highest BCUT2D eigenvalue weighted by molar-refractivity contribution is 4.99. The van der Waals surface area contributed by atoms with E-state index in [1.807, 2.05) is 6.92 Å². The minimum absolute atomic E-state index is 0.0785. The molecule has 4 rings (SSSR count). The second kappa shape index (κ2) is 4.52. The molecule has 0 N–H and O–H groups in total. The van der Waals surface area contributed by atoms with Crippen molar-refractivity contribution in [1.29, 1.82) is 0 Å². The van der Waals surface area contributed by atoms with Crippen molar-refractivity contribution in [3.05, 3.63) is 0 Å². The monoisotopic (exact) mass is 240 g/mol. The third-order valence-electron chi connectivity index (χ3n) is 4.89. The normalized spacial score (nSPS) is 45.9. The Morgan fingerprint density at radius 1 is 1.24 bits per heavy atom. The van der Waals surface area contributed by atoms with Crippen molar-refractivity contribution in [2.75, 3.05) is 20.3 Å². The molecular weight excluding hydrogens is 216 g/mol. The summed E-state index contributed by atoms with van der Waals surface area (Å²) in [6, 6.07) is 0. The molecule has 3 nitrogen and oxygen atoms in total. The fraction of sp³-hybridized carbons (Fsp3) is 1.00. The molecule has 2 saturated heterocycles. The second-order valence-electron chi connectivity index (χ2n) is 6.39. The van der Waals surface area contributed by atoms with Crippen LogP contribution in [0.15, 0.2) is 0 Å². The van der Waals surface area contributed by atoms with Gasteiger partial charge < -0.3 is 14.2 Å². The van der Waals surface area contributed by atoms with Crippen LogP contribution in [0.2, 0.25) is 0 Å². The Balaban J connectivity index is 1.69. The van der Waals surface area contributed by atoms with E-state index in [1.54, 1.807) is 7.11 Å². The Bertz CT molecular complexity index is 263. The summed E-state index contributed by atoms with van der Waals surface area (Å²) in [6.07, 6.45) is 6.95. The van der Waals surface area contributed by atoms with E-state index < -0.39 is 0 Å². The van der Waals surface area contributed by atoms with Crippen LogP contribution in [0.1, 0.15) is 39.0 Å². The number of ether oxygens (including phenoxy) is 3. The van der Waals surface area contributed by atoms with E-state index in [1.165, 1.54) is 32.1 Å². The number of rotatable bonds is 4. The highest BCUT2D eigenvalue weighted by Gasteiger charge is 2.49. The number of hydrogen-bond donors (Lipinski definition) is 0. The number of fused-ring (bicyclic) bond motifs is 1. The maximum Gasteiger partial charge on any atom is 0.154 e. The van der Waals surface area contributed by atoms with Gasteiger partial charge in [0.15, 0.2) is 6.29 Å². The average Bonchev–Trinajstić information content (AvgIpc) is 2.53. The Morgan fingerprint density at radius 3 is 2.88 bits per heavy atom. The molecule has 0 aromatic heterocycles. The zero-order chi connectivity index (χ0) is 11.9. The fourth-order valence-electron chi connectivity index (χ4n) is 4.30. The molecule has 0 aromatic carbocycles. The van der Waals surface area contributed by atoms with E-state index in [2.05, 4.69) is 0 Å². The lowest BCUT2D eigenvalue weighted by atomic mass is 9.59. The van der Waals surface area contributed by atoms with Crippen molar-refractivity contribution < 1.29 is 14.2 Å². The average molecular weight is 240 g/mol. The Hall–Kier alpha value is -0.120. The lowest BCUT2D eigenvalue weighted by molar-refractivity contribution is -0.152. The molecule has 2 heterocycles. The summed E-state index contributed by atoms with van der Waals surface area (Å²) in [5.41, 5.74) is 0.389. The van der Waals surface area contributed by atoms with Gasteiger partial charge >= 0.3 is 0 Å². The van der Waals surface area contributed by atoms with Gasteiger partial charge in [-0.3, -0.25) is 0 Å². The minimum Gasteiger partial charge on any atom is -0.378 e. The van der Waals surface area contributed by atoms with Crippen LogP contribution in [-0.4, -0.2) is 32.7 Å². The molecule has 0 aromatic rings. The molecule has 0 spiro atoms. The van der Waals surface area contributed by atoms with Gasteiger partial charge in [-0.2, -0.15) is 0 Å². The highest BCUT2D eigenvalue weighted by atomic mass is 16.7.